The van der Waals surface area contributed by atoms with Crippen molar-refractivity contribution in [3.63, 3.8) is 0 Å². The van der Waals surface area contributed by atoms with Crippen LogP contribution in [0.5, 0.6) is 0 Å². The highest BCUT2D eigenvalue weighted by Crippen LogP contribution is 2.47. The Balaban J connectivity index is 1.96. The SMILES string of the molecule is CCOC(=O)C(Cc1ccccc1)CP(=O)(CNC(=O)OCc1ccccc1)OC. The van der Waals surface area contributed by atoms with Crippen LogP contribution < -0.4 is 5.32 Å². The molecule has 0 aliphatic heterocycles. The van der Waals surface area contributed by atoms with Gasteiger partial charge in [0.2, 0.25) is 7.37 Å². The summed E-state index contributed by atoms with van der Waals surface area (Å²) in [7, 11) is -2.03. The Morgan fingerprint density at radius 1 is 0.967 bits per heavy atom. The standard InChI is InChI=1S/C22H28NO6P/c1-3-28-21(24)20(14-18-10-6-4-7-11-18)16-30(26,27-2)17-23-22(25)29-15-19-12-8-5-9-13-19/h4-13,20H,3,14-17H2,1-2H3,(H,23,25). The largest absolute Gasteiger partial charge is 0.466 e. The van der Waals surface area contributed by atoms with Gasteiger partial charge < -0.3 is 19.3 Å². The fourth-order valence-electron chi connectivity index (χ4n) is 2.88. The van der Waals surface area contributed by atoms with Crippen LogP contribution in [0.4, 0.5) is 4.79 Å². The van der Waals surface area contributed by atoms with Crippen LogP contribution in [0.25, 0.3) is 0 Å². The number of rotatable bonds is 11. The van der Waals surface area contributed by atoms with E-state index < -0.39 is 25.3 Å². The van der Waals surface area contributed by atoms with Crippen molar-refractivity contribution in [3.8, 4) is 0 Å². The first-order valence-electron chi connectivity index (χ1n) is 9.74. The van der Waals surface area contributed by atoms with Crippen molar-refractivity contribution in [1.82, 2.24) is 5.32 Å². The summed E-state index contributed by atoms with van der Waals surface area (Å²) in [5, 5.41) is 2.48. The molecule has 0 aliphatic carbocycles. The Labute approximate surface area is 177 Å². The zero-order chi connectivity index (χ0) is 21.8. The lowest BCUT2D eigenvalue weighted by Crippen LogP contribution is -2.29. The summed E-state index contributed by atoms with van der Waals surface area (Å²) in [6.07, 6.45) is -0.615. The van der Waals surface area contributed by atoms with E-state index in [-0.39, 0.29) is 25.7 Å². The maximum Gasteiger partial charge on any atom is 0.407 e. The summed E-state index contributed by atoms with van der Waals surface area (Å²) in [6, 6.07) is 18.6. The maximum atomic E-state index is 13.2. The van der Waals surface area contributed by atoms with E-state index >= 15 is 0 Å². The van der Waals surface area contributed by atoms with Gasteiger partial charge in [-0.15, -0.1) is 0 Å². The molecule has 1 N–H and O–H groups in total. The van der Waals surface area contributed by atoms with E-state index in [9.17, 15) is 14.2 Å². The fourth-order valence-corrected chi connectivity index (χ4v) is 4.61. The van der Waals surface area contributed by atoms with Gasteiger partial charge >= 0.3 is 12.1 Å². The summed E-state index contributed by atoms with van der Waals surface area (Å²) in [6.45, 7) is 2.05. The molecule has 7 nitrogen and oxygen atoms in total. The van der Waals surface area contributed by atoms with Crippen LogP contribution in [-0.2, 0) is 36.4 Å². The zero-order valence-electron chi connectivity index (χ0n) is 17.3. The molecule has 2 aromatic rings. The molecule has 0 bridgehead atoms. The average molecular weight is 433 g/mol. The Morgan fingerprint density at radius 3 is 2.13 bits per heavy atom. The molecule has 0 aliphatic rings. The number of ether oxygens (including phenoxy) is 2. The van der Waals surface area contributed by atoms with E-state index in [4.69, 9.17) is 14.0 Å². The first kappa shape index (κ1) is 23.6. The molecule has 0 saturated carbocycles. The van der Waals surface area contributed by atoms with Crippen LogP contribution in [0.1, 0.15) is 18.1 Å². The van der Waals surface area contributed by atoms with Crippen molar-refractivity contribution >= 4 is 19.4 Å². The van der Waals surface area contributed by atoms with E-state index in [0.29, 0.717) is 6.42 Å². The maximum absolute atomic E-state index is 13.2. The van der Waals surface area contributed by atoms with Crippen LogP contribution in [0.2, 0.25) is 0 Å². The highest BCUT2D eigenvalue weighted by molar-refractivity contribution is 7.59. The quantitative estimate of drug-likeness (QED) is 0.422. The van der Waals surface area contributed by atoms with Gasteiger partial charge in [0.1, 0.15) is 6.61 Å². The minimum atomic E-state index is -3.33. The van der Waals surface area contributed by atoms with E-state index in [1.54, 1.807) is 6.92 Å². The number of carbonyl (C=O) groups is 2. The molecule has 0 saturated heterocycles. The van der Waals surface area contributed by atoms with Crippen LogP contribution in [-0.4, -0.2) is 38.2 Å². The van der Waals surface area contributed by atoms with Gasteiger partial charge in [0.05, 0.1) is 18.8 Å². The first-order valence-corrected chi connectivity index (χ1v) is 11.7. The molecule has 2 unspecified atom stereocenters. The number of carbonyl (C=O) groups excluding carboxylic acids is 2. The molecule has 0 aromatic heterocycles. The van der Waals surface area contributed by atoms with Crippen molar-refractivity contribution in [1.29, 1.82) is 0 Å². The number of esters is 1. The van der Waals surface area contributed by atoms with E-state index in [1.165, 1.54) is 7.11 Å². The van der Waals surface area contributed by atoms with E-state index in [2.05, 4.69) is 5.32 Å². The molecular weight excluding hydrogens is 405 g/mol. The molecule has 2 rings (SSSR count). The normalized spacial score (nSPS) is 13.7. The molecule has 1 amide bonds. The number of alkyl carbamates (subject to hydrolysis) is 1. The third kappa shape index (κ3) is 8.01. The second-order valence-electron chi connectivity index (χ2n) is 6.72. The highest BCUT2D eigenvalue weighted by atomic mass is 31.2. The van der Waals surface area contributed by atoms with Gasteiger partial charge in [-0.25, -0.2) is 4.79 Å². The monoisotopic (exact) mass is 433 g/mol. The van der Waals surface area contributed by atoms with Gasteiger partial charge in [-0.2, -0.15) is 0 Å². The summed E-state index contributed by atoms with van der Waals surface area (Å²) in [5.74, 6) is -1.09. The Kier molecular flexibility index (Phi) is 9.58. The van der Waals surface area contributed by atoms with Gasteiger partial charge in [0.15, 0.2) is 0 Å². The number of hydrogen-bond acceptors (Lipinski definition) is 6. The van der Waals surface area contributed by atoms with E-state index in [0.717, 1.165) is 11.1 Å². The molecule has 8 heteroatoms. The number of nitrogens with one attached hydrogen (secondary N) is 1. The molecule has 162 valence electrons. The first-order chi connectivity index (χ1) is 14.5. The van der Waals surface area contributed by atoms with Gasteiger partial charge in [0.25, 0.3) is 0 Å². The Bertz CT molecular complexity index is 843. The lowest BCUT2D eigenvalue weighted by Gasteiger charge is -2.22. The second-order valence-corrected chi connectivity index (χ2v) is 9.39. The Hall–Kier alpha value is -2.63. The summed E-state index contributed by atoms with van der Waals surface area (Å²) in [4.78, 5) is 24.4. The highest BCUT2D eigenvalue weighted by Gasteiger charge is 2.32. The van der Waals surface area contributed by atoms with Crippen LogP contribution in [0.3, 0.4) is 0 Å². The van der Waals surface area contributed by atoms with Crippen molar-refractivity contribution in [2.75, 3.05) is 26.2 Å². The van der Waals surface area contributed by atoms with Crippen molar-refractivity contribution in [2.24, 2.45) is 5.92 Å². The fraction of sp³-hybridized carbons (Fsp3) is 0.364. The average Bonchev–Trinajstić information content (AvgIpc) is 2.77. The lowest BCUT2D eigenvalue weighted by molar-refractivity contribution is -0.147. The summed E-state index contributed by atoms with van der Waals surface area (Å²) in [5.41, 5.74) is 1.77. The molecule has 0 radical (unpaired) electrons. The minimum absolute atomic E-state index is 0.0454. The third-order valence-electron chi connectivity index (χ3n) is 4.45. The molecule has 0 spiro atoms. The van der Waals surface area contributed by atoms with Crippen LogP contribution in [0.15, 0.2) is 60.7 Å². The molecule has 30 heavy (non-hydrogen) atoms. The topological polar surface area (TPSA) is 90.9 Å². The zero-order valence-corrected chi connectivity index (χ0v) is 18.2. The van der Waals surface area contributed by atoms with Crippen LogP contribution in [0, 0.1) is 5.92 Å². The van der Waals surface area contributed by atoms with E-state index in [1.807, 2.05) is 60.7 Å². The van der Waals surface area contributed by atoms with Gasteiger partial charge in [0, 0.05) is 13.3 Å². The molecule has 0 fully saturated rings. The van der Waals surface area contributed by atoms with Gasteiger partial charge in [-0.05, 0) is 24.5 Å². The number of benzene rings is 2. The Morgan fingerprint density at radius 2 is 1.57 bits per heavy atom. The number of hydrogen-bond donors (Lipinski definition) is 1. The smallest absolute Gasteiger partial charge is 0.407 e. The van der Waals surface area contributed by atoms with Gasteiger partial charge in [-0.3, -0.25) is 9.36 Å². The van der Waals surface area contributed by atoms with Gasteiger partial charge in [-0.1, -0.05) is 60.7 Å². The predicted molar refractivity (Wildman–Crippen MR) is 114 cm³/mol. The lowest BCUT2D eigenvalue weighted by atomic mass is 10.0. The van der Waals surface area contributed by atoms with Crippen molar-refractivity contribution < 1.29 is 28.2 Å². The molecule has 2 aromatic carbocycles. The summed E-state index contributed by atoms with van der Waals surface area (Å²) < 4.78 is 28.7. The molecule has 0 heterocycles. The third-order valence-corrected chi connectivity index (χ3v) is 6.76. The predicted octanol–water partition coefficient (Wildman–Crippen LogP) is 4.22. The summed E-state index contributed by atoms with van der Waals surface area (Å²) >= 11 is 0. The number of amides is 1. The van der Waals surface area contributed by atoms with Crippen LogP contribution >= 0.6 is 7.37 Å². The van der Waals surface area contributed by atoms with Crippen molar-refractivity contribution in [3.05, 3.63) is 71.8 Å². The molecule has 2 atom stereocenters. The second kappa shape index (κ2) is 12.2. The van der Waals surface area contributed by atoms with Crippen molar-refractivity contribution in [2.45, 2.75) is 20.0 Å². The minimum Gasteiger partial charge on any atom is -0.466 e. The molecular formula is C22H28NO6P.